The number of hydrogen-bond acceptors (Lipinski definition) is 2. The van der Waals surface area contributed by atoms with Gasteiger partial charge in [0.15, 0.2) is 11.6 Å². The van der Waals surface area contributed by atoms with Crippen molar-refractivity contribution in [3.05, 3.63) is 58.0 Å². The van der Waals surface area contributed by atoms with E-state index in [1.54, 1.807) is 18.2 Å². The molecule has 1 heterocycles. The number of benzene rings is 1. The van der Waals surface area contributed by atoms with Crippen molar-refractivity contribution in [2.75, 3.05) is 0 Å². The molecule has 0 amide bonds. The molecule has 0 aliphatic carbocycles. The molecule has 0 saturated heterocycles. The van der Waals surface area contributed by atoms with E-state index in [0.717, 1.165) is 10.0 Å². The zero-order chi connectivity index (χ0) is 13.1. The van der Waals surface area contributed by atoms with E-state index in [9.17, 15) is 13.2 Å². The lowest BCUT2D eigenvalue weighted by atomic mass is 10.2. The van der Waals surface area contributed by atoms with Gasteiger partial charge in [0.1, 0.15) is 6.61 Å². The van der Waals surface area contributed by atoms with Gasteiger partial charge in [0, 0.05) is 16.1 Å². The Labute approximate surface area is 110 Å². The first-order valence-electron chi connectivity index (χ1n) is 4.95. The Bertz CT molecular complexity index is 577. The molecule has 0 atom stereocenters. The minimum absolute atomic E-state index is 0.00356. The fourth-order valence-corrected chi connectivity index (χ4v) is 1.69. The Kier molecular flexibility index (Phi) is 3.86. The third kappa shape index (κ3) is 2.81. The van der Waals surface area contributed by atoms with Crippen molar-refractivity contribution in [2.24, 2.45) is 0 Å². The SMILES string of the molecule is Fc1cc(F)c(OCc2ccccc2Br)nc1F. The molecule has 0 unspecified atom stereocenters. The first kappa shape index (κ1) is 12.9. The van der Waals surface area contributed by atoms with Gasteiger partial charge in [-0.2, -0.15) is 9.37 Å². The molecule has 0 N–H and O–H groups in total. The molecule has 0 aliphatic heterocycles. The van der Waals surface area contributed by atoms with Crippen LogP contribution in [-0.2, 0) is 6.61 Å². The van der Waals surface area contributed by atoms with Gasteiger partial charge in [-0.15, -0.1) is 0 Å². The van der Waals surface area contributed by atoms with Crippen LogP contribution in [0.2, 0.25) is 0 Å². The zero-order valence-electron chi connectivity index (χ0n) is 8.96. The molecule has 2 aromatic rings. The summed E-state index contributed by atoms with van der Waals surface area (Å²) in [5.41, 5.74) is 0.739. The largest absolute Gasteiger partial charge is 0.471 e. The second-order valence-corrected chi connectivity index (χ2v) is 4.28. The van der Waals surface area contributed by atoms with Crippen LogP contribution in [0.3, 0.4) is 0 Å². The fourth-order valence-electron chi connectivity index (χ4n) is 1.29. The molecule has 6 heteroatoms. The number of halogens is 4. The Morgan fingerprint density at radius 2 is 1.83 bits per heavy atom. The van der Waals surface area contributed by atoms with E-state index in [-0.39, 0.29) is 6.61 Å². The normalized spacial score (nSPS) is 10.4. The fraction of sp³-hybridized carbons (Fsp3) is 0.0833. The summed E-state index contributed by atoms with van der Waals surface area (Å²) in [6, 6.07) is 7.52. The van der Waals surface area contributed by atoms with Crippen molar-refractivity contribution in [3.8, 4) is 5.88 Å². The summed E-state index contributed by atoms with van der Waals surface area (Å²) in [6.45, 7) is -0.00356. The zero-order valence-corrected chi connectivity index (χ0v) is 10.5. The lowest BCUT2D eigenvalue weighted by Crippen LogP contribution is -2.03. The lowest BCUT2D eigenvalue weighted by molar-refractivity contribution is 0.267. The minimum atomic E-state index is -1.39. The molecule has 0 radical (unpaired) electrons. The first-order chi connectivity index (χ1) is 8.58. The van der Waals surface area contributed by atoms with Gasteiger partial charge in [0.05, 0.1) is 0 Å². The van der Waals surface area contributed by atoms with Gasteiger partial charge in [-0.3, -0.25) is 0 Å². The van der Waals surface area contributed by atoms with Gasteiger partial charge in [0.2, 0.25) is 0 Å². The molecule has 0 fully saturated rings. The van der Waals surface area contributed by atoms with Crippen molar-refractivity contribution >= 4 is 15.9 Å². The van der Waals surface area contributed by atoms with Crippen LogP contribution in [0.4, 0.5) is 13.2 Å². The predicted octanol–water partition coefficient (Wildman–Crippen LogP) is 3.84. The van der Waals surface area contributed by atoms with Crippen molar-refractivity contribution in [2.45, 2.75) is 6.61 Å². The molecule has 18 heavy (non-hydrogen) atoms. The first-order valence-corrected chi connectivity index (χ1v) is 5.75. The minimum Gasteiger partial charge on any atom is -0.471 e. The maximum absolute atomic E-state index is 13.2. The van der Waals surface area contributed by atoms with Crippen LogP contribution in [0.15, 0.2) is 34.8 Å². The summed E-state index contributed by atoms with van der Waals surface area (Å²) in [7, 11) is 0. The summed E-state index contributed by atoms with van der Waals surface area (Å²) >= 11 is 3.29. The molecule has 0 bridgehead atoms. The number of hydrogen-bond donors (Lipinski definition) is 0. The molecule has 94 valence electrons. The molecule has 0 spiro atoms. The van der Waals surface area contributed by atoms with E-state index in [1.165, 1.54) is 0 Å². The average molecular weight is 318 g/mol. The second-order valence-electron chi connectivity index (χ2n) is 3.43. The van der Waals surface area contributed by atoms with E-state index in [4.69, 9.17) is 4.74 Å². The van der Waals surface area contributed by atoms with Crippen LogP contribution in [0.5, 0.6) is 5.88 Å². The van der Waals surface area contributed by atoms with Crippen molar-refractivity contribution in [1.82, 2.24) is 4.98 Å². The van der Waals surface area contributed by atoms with Crippen molar-refractivity contribution < 1.29 is 17.9 Å². The standard InChI is InChI=1S/C12H7BrF3NO/c13-8-4-2-1-3-7(8)6-18-12-10(15)5-9(14)11(16)17-12/h1-5H,6H2. The van der Waals surface area contributed by atoms with Gasteiger partial charge >= 0.3 is 0 Å². The van der Waals surface area contributed by atoms with Crippen LogP contribution in [0, 0.1) is 17.6 Å². The number of rotatable bonds is 3. The Morgan fingerprint density at radius 1 is 1.11 bits per heavy atom. The third-order valence-electron chi connectivity index (χ3n) is 2.18. The van der Waals surface area contributed by atoms with Crippen molar-refractivity contribution in [1.29, 1.82) is 0 Å². The highest BCUT2D eigenvalue weighted by Crippen LogP contribution is 2.20. The maximum Gasteiger partial charge on any atom is 0.253 e. The van der Waals surface area contributed by atoms with Crippen LogP contribution >= 0.6 is 15.9 Å². The Hall–Kier alpha value is -1.56. The molecule has 1 aromatic carbocycles. The lowest BCUT2D eigenvalue weighted by Gasteiger charge is -2.07. The third-order valence-corrected chi connectivity index (χ3v) is 2.95. The molecule has 2 rings (SSSR count). The summed E-state index contributed by atoms with van der Waals surface area (Å²) in [5.74, 6) is -4.34. The summed E-state index contributed by atoms with van der Waals surface area (Å²) in [6.07, 6.45) is 0. The van der Waals surface area contributed by atoms with Gasteiger partial charge in [-0.1, -0.05) is 34.1 Å². The van der Waals surface area contributed by atoms with Crippen LogP contribution in [0.25, 0.3) is 0 Å². The number of pyridine rings is 1. The highest BCUT2D eigenvalue weighted by atomic mass is 79.9. The average Bonchev–Trinajstić information content (AvgIpc) is 2.34. The summed E-state index contributed by atoms with van der Waals surface area (Å²) < 4.78 is 44.5. The van der Waals surface area contributed by atoms with Crippen molar-refractivity contribution in [3.63, 3.8) is 0 Å². The highest BCUT2D eigenvalue weighted by Gasteiger charge is 2.13. The van der Waals surface area contributed by atoms with Gasteiger partial charge in [0.25, 0.3) is 11.8 Å². The van der Waals surface area contributed by atoms with Crippen LogP contribution in [-0.4, -0.2) is 4.98 Å². The van der Waals surface area contributed by atoms with Crippen LogP contribution < -0.4 is 4.74 Å². The molecule has 0 saturated carbocycles. The maximum atomic E-state index is 13.2. The molecule has 1 aromatic heterocycles. The molecule has 0 aliphatic rings. The molecular weight excluding hydrogens is 311 g/mol. The monoisotopic (exact) mass is 317 g/mol. The predicted molar refractivity (Wildman–Crippen MR) is 62.6 cm³/mol. The quantitative estimate of drug-likeness (QED) is 0.802. The topological polar surface area (TPSA) is 22.1 Å². The van der Waals surface area contributed by atoms with E-state index >= 15 is 0 Å². The molecular formula is C12H7BrF3NO. The number of ether oxygens (including phenoxy) is 1. The van der Waals surface area contributed by atoms with Gasteiger partial charge in [-0.25, -0.2) is 8.78 Å². The van der Waals surface area contributed by atoms with E-state index < -0.39 is 23.5 Å². The van der Waals surface area contributed by atoms with E-state index in [2.05, 4.69) is 20.9 Å². The number of aromatic nitrogens is 1. The highest BCUT2D eigenvalue weighted by molar-refractivity contribution is 9.10. The smallest absolute Gasteiger partial charge is 0.253 e. The van der Waals surface area contributed by atoms with Crippen LogP contribution in [0.1, 0.15) is 5.56 Å². The Balaban J connectivity index is 2.16. The second kappa shape index (κ2) is 5.39. The number of nitrogens with zero attached hydrogens (tertiary/aromatic N) is 1. The van der Waals surface area contributed by atoms with Gasteiger partial charge in [-0.05, 0) is 6.07 Å². The van der Waals surface area contributed by atoms with Gasteiger partial charge < -0.3 is 4.74 Å². The van der Waals surface area contributed by atoms with E-state index in [0.29, 0.717) is 6.07 Å². The molecule has 2 nitrogen and oxygen atoms in total. The Morgan fingerprint density at radius 3 is 2.56 bits per heavy atom. The summed E-state index contributed by atoms with van der Waals surface area (Å²) in [4.78, 5) is 3.06. The van der Waals surface area contributed by atoms with E-state index in [1.807, 2.05) is 6.07 Å². The summed E-state index contributed by atoms with van der Waals surface area (Å²) in [5, 5.41) is 0.